The highest BCUT2D eigenvalue weighted by atomic mass is 16.5. The van der Waals surface area contributed by atoms with E-state index in [4.69, 9.17) is 4.74 Å². The average molecular weight is 480 g/mol. The summed E-state index contributed by atoms with van der Waals surface area (Å²) in [5.41, 5.74) is 1.28. The van der Waals surface area contributed by atoms with Gasteiger partial charge in [-0.2, -0.15) is 0 Å². The van der Waals surface area contributed by atoms with Crippen LogP contribution in [0.1, 0.15) is 48.0 Å². The Hall–Kier alpha value is -3.39. The Morgan fingerprint density at radius 3 is 2.37 bits per heavy atom. The van der Waals surface area contributed by atoms with E-state index in [0.717, 1.165) is 31.2 Å². The summed E-state index contributed by atoms with van der Waals surface area (Å²) in [6, 6.07) is 14.6. The van der Waals surface area contributed by atoms with Gasteiger partial charge >= 0.3 is 0 Å². The van der Waals surface area contributed by atoms with Gasteiger partial charge in [0, 0.05) is 11.6 Å². The number of aliphatic hydroxyl groups is 1. The van der Waals surface area contributed by atoms with Crippen LogP contribution in [0.4, 0.5) is 0 Å². The molecule has 0 spiro atoms. The van der Waals surface area contributed by atoms with E-state index in [9.17, 15) is 19.5 Å². The van der Waals surface area contributed by atoms with Gasteiger partial charge in [0.1, 0.15) is 11.8 Å². The molecule has 4 rings (SSSR count). The fourth-order valence-electron chi connectivity index (χ4n) is 4.01. The standard InChI is InChI=1S/C27H33N3O5/c1-35-21-9-5-8-19(16-21)25(32)30-23(15-18-10-11-18)26(33)29-22(14-17-6-3-2-4-7-17)24(31)27(34)28-20-12-13-20/h2-9,16,18,20,22-24,31H,10-15H2,1H3,(H,28,34)(H,29,33)(H,30,32)/t22?,23-,24?/m0/s1. The third kappa shape index (κ3) is 7.29. The molecule has 0 aliphatic heterocycles. The zero-order chi connectivity index (χ0) is 24.8. The second-order valence-corrected chi connectivity index (χ2v) is 9.47. The summed E-state index contributed by atoms with van der Waals surface area (Å²) in [7, 11) is 1.53. The minimum Gasteiger partial charge on any atom is -0.497 e. The lowest BCUT2D eigenvalue weighted by Gasteiger charge is -2.27. The number of benzene rings is 2. The van der Waals surface area contributed by atoms with Crippen molar-refractivity contribution in [1.82, 2.24) is 16.0 Å². The summed E-state index contributed by atoms with van der Waals surface area (Å²) in [5, 5.41) is 19.3. The Balaban J connectivity index is 1.47. The molecule has 0 radical (unpaired) electrons. The molecule has 2 aromatic rings. The quantitative estimate of drug-likeness (QED) is 0.371. The average Bonchev–Trinajstić information content (AvgIpc) is 3.80. The van der Waals surface area contributed by atoms with E-state index in [0.29, 0.717) is 23.7 Å². The van der Waals surface area contributed by atoms with Gasteiger partial charge in [0.2, 0.25) is 5.91 Å². The van der Waals surface area contributed by atoms with Gasteiger partial charge in [0.25, 0.3) is 11.8 Å². The van der Waals surface area contributed by atoms with Crippen LogP contribution in [0.5, 0.6) is 5.75 Å². The lowest BCUT2D eigenvalue weighted by molar-refractivity contribution is -0.132. The van der Waals surface area contributed by atoms with Crippen molar-refractivity contribution < 1.29 is 24.2 Å². The van der Waals surface area contributed by atoms with Crippen LogP contribution in [0.3, 0.4) is 0 Å². The molecule has 2 aliphatic carbocycles. The molecule has 2 aliphatic rings. The molecule has 4 N–H and O–H groups in total. The summed E-state index contributed by atoms with van der Waals surface area (Å²) in [4.78, 5) is 38.9. The first kappa shape index (κ1) is 24.7. The second kappa shape index (κ2) is 11.4. The molecule has 0 heterocycles. The molecule has 2 aromatic carbocycles. The van der Waals surface area contributed by atoms with Gasteiger partial charge in [-0.1, -0.05) is 49.2 Å². The molecule has 35 heavy (non-hydrogen) atoms. The van der Waals surface area contributed by atoms with E-state index in [2.05, 4.69) is 16.0 Å². The molecule has 2 unspecified atom stereocenters. The van der Waals surface area contributed by atoms with E-state index < -0.39 is 30.0 Å². The zero-order valence-corrected chi connectivity index (χ0v) is 19.9. The number of carbonyl (C=O) groups is 3. The maximum absolute atomic E-state index is 13.4. The summed E-state index contributed by atoms with van der Waals surface area (Å²) in [6.45, 7) is 0. The lowest BCUT2D eigenvalue weighted by Crippen LogP contribution is -2.56. The Labute approximate surface area is 205 Å². The highest BCUT2D eigenvalue weighted by Crippen LogP contribution is 2.33. The van der Waals surface area contributed by atoms with Crippen molar-refractivity contribution in [1.29, 1.82) is 0 Å². The molecule has 186 valence electrons. The van der Waals surface area contributed by atoms with Gasteiger partial charge in [0.15, 0.2) is 6.10 Å². The number of nitrogens with one attached hydrogen (secondary N) is 3. The van der Waals surface area contributed by atoms with E-state index in [1.54, 1.807) is 24.3 Å². The topological polar surface area (TPSA) is 117 Å². The highest BCUT2D eigenvalue weighted by molar-refractivity contribution is 5.98. The van der Waals surface area contributed by atoms with Gasteiger partial charge in [0.05, 0.1) is 13.2 Å². The number of amides is 3. The molecule has 8 heteroatoms. The molecular formula is C27H33N3O5. The summed E-state index contributed by atoms with van der Waals surface area (Å²) in [5.74, 6) is -0.364. The van der Waals surface area contributed by atoms with Crippen molar-refractivity contribution in [2.24, 2.45) is 5.92 Å². The van der Waals surface area contributed by atoms with E-state index >= 15 is 0 Å². The molecule has 8 nitrogen and oxygen atoms in total. The normalized spacial score (nSPS) is 17.5. The molecule has 2 fully saturated rings. The maximum Gasteiger partial charge on any atom is 0.252 e. The van der Waals surface area contributed by atoms with Gasteiger partial charge in [-0.05, 0) is 55.4 Å². The largest absolute Gasteiger partial charge is 0.497 e. The van der Waals surface area contributed by atoms with Crippen LogP contribution in [0.25, 0.3) is 0 Å². The highest BCUT2D eigenvalue weighted by Gasteiger charge is 2.35. The van der Waals surface area contributed by atoms with Crippen LogP contribution in [0.15, 0.2) is 54.6 Å². The third-order valence-corrected chi connectivity index (χ3v) is 6.42. The first-order valence-corrected chi connectivity index (χ1v) is 12.2. The smallest absolute Gasteiger partial charge is 0.252 e. The number of rotatable bonds is 12. The van der Waals surface area contributed by atoms with Crippen LogP contribution < -0.4 is 20.7 Å². The minimum absolute atomic E-state index is 0.0926. The minimum atomic E-state index is -1.41. The lowest BCUT2D eigenvalue weighted by atomic mass is 9.99. The van der Waals surface area contributed by atoms with Crippen LogP contribution in [0, 0.1) is 5.92 Å². The Morgan fingerprint density at radius 1 is 0.971 bits per heavy atom. The zero-order valence-electron chi connectivity index (χ0n) is 19.9. The molecule has 0 aromatic heterocycles. The first-order chi connectivity index (χ1) is 16.9. The predicted octanol–water partition coefficient (Wildman–Crippen LogP) is 1.96. The van der Waals surface area contributed by atoms with Crippen molar-refractivity contribution in [2.45, 2.75) is 62.8 Å². The van der Waals surface area contributed by atoms with Gasteiger partial charge in [-0.15, -0.1) is 0 Å². The van der Waals surface area contributed by atoms with Gasteiger partial charge < -0.3 is 25.8 Å². The van der Waals surface area contributed by atoms with Crippen LogP contribution in [-0.2, 0) is 16.0 Å². The first-order valence-electron chi connectivity index (χ1n) is 12.2. The number of hydrogen-bond acceptors (Lipinski definition) is 5. The predicted molar refractivity (Wildman–Crippen MR) is 131 cm³/mol. The van der Waals surface area contributed by atoms with Crippen molar-refractivity contribution in [3.63, 3.8) is 0 Å². The fourth-order valence-corrected chi connectivity index (χ4v) is 4.01. The van der Waals surface area contributed by atoms with Gasteiger partial charge in [-0.3, -0.25) is 14.4 Å². The molecule has 3 atom stereocenters. The molecular weight excluding hydrogens is 446 g/mol. The Bertz CT molecular complexity index is 1040. The van der Waals surface area contributed by atoms with Gasteiger partial charge in [-0.25, -0.2) is 0 Å². The molecule has 2 saturated carbocycles. The van der Waals surface area contributed by atoms with Crippen LogP contribution in [0.2, 0.25) is 0 Å². The summed E-state index contributed by atoms with van der Waals surface area (Å²) >= 11 is 0. The molecule has 0 bridgehead atoms. The molecule has 0 saturated heterocycles. The van der Waals surface area contributed by atoms with Crippen LogP contribution >= 0.6 is 0 Å². The number of ether oxygens (including phenoxy) is 1. The maximum atomic E-state index is 13.4. The number of carbonyl (C=O) groups excluding carboxylic acids is 3. The Kier molecular flexibility index (Phi) is 8.02. The third-order valence-electron chi connectivity index (χ3n) is 6.42. The monoisotopic (exact) mass is 479 g/mol. The van der Waals surface area contributed by atoms with Crippen molar-refractivity contribution in [2.75, 3.05) is 7.11 Å². The molecule has 3 amide bonds. The van der Waals surface area contributed by atoms with E-state index in [1.165, 1.54) is 7.11 Å². The fraction of sp³-hybridized carbons (Fsp3) is 0.444. The number of hydrogen-bond donors (Lipinski definition) is 4. The summed E-state index contributed by atoms with van der Waals surface area (Å²) in [6.07, 6.45) is 3.20. The van der Waals surface area contributed by atoms with Crippen molar-refractivity contribution in [3.05, 3.63) is 65.7 Å². The van der Waals surface area contributed by atoms with Crippen molar-refractivity contribution >= 4 is 17.7 Å². The van der Waals surface area contributed by atoms with E-state index in [1.807, 2.05) is 30.3 Å². The second-order valence-electron chi connectivity index (χ2n) is 9.47. The Morgan fingerprint density at radius 2 is 1.71 bits per heavy atom. The summed E-state index contributed by atoms with van der Waals surface area (Å²) < 4.78 is 5.20. The van der Waals surface area contributed by atoms with Crippen LogP contribution in [-0.4, -0.2) is 54.2 Å². The number of aliphatic hydroxyl groups excluding tert-OH is 1. The number of methoxy groups -OCH3 is 1. The SMILES string of the molecule is COc1cccc(C(=O)N[C@@H](CC2CC2)C(=O)NC(Cc2ccccc2)C(O)C(=O)NC2CC2)c1. The van der Waals surface area contributed by atoms with E-state index in [-0.39, 0.29) is 18.4 Å². The van der Waals surface area contributed by atoms with Crippen molar-refractivity contribution in [3.8, 4) is 5.75 Å².